The van der Waals surface area contributed by atoms with Gasteiger partial charge < -0.3 is 30.0 Å². The van der Waals surface area contributed by atoms with Crippen LogP contribution >= 0.6 is 0 Å². The van der Waals surface area contributed by atoms with Crippen molar-refractivity contribution in [2.45, 2.75) is 27.7 Å². The lowest BCUT2D eigenvalue weighted by Crippen LogP contribution is -2.39. The van der Waals surface area contributed by atoms with Gasteiger partial charge in [0, 0.05) is 49.2 Å². The van der Waals surface area contributed by atoms with Crippen molar-refractivity contribution in [1.82, 2.24) is 15.2 Å². The molecule has 0 saturated heterocycles. The molecule has 3 N–H and O–H groups in total. The minimum absolute atomic E-state index is 0.158. The number of amides is 3. The van der Waals surface area contributed by atoms with E-state index in [2.05, 4.69) is 20.4 Å². The Bertz CT molecular complexity index is 1200. The topological polar surface area (TPSA) is 130 Å². The van der Waals surface area contributed by atoms with Crippen molar-refractivity contribution < 1.29 is 33.0 Å². The second kappa shape index (κ2) is 10.9. The lowest BCUT2D eigenvalue weighted by Gasteiger charge is -2.20. The van der Waals surface area contributed by atoms with E-state index < -0.39 is 24.7 Å². The third-order valence-corrected chi connectivity index (χ3v) is 5.51. The number of carbonyl (C=O) groups is 4. The van der Waals surface area contributed by atoms with E-state index in [0.29, 0.717) is 45.9 Å². The lowest BCUT2D eigenvalue weighted by molar-refractivity contribution is -0.149. The molecule has 2 aromatic rings. The standard InChI is InChI=1S/C24H27FN4O6/c1-5-29(24(33)35-12-34-15(4)30)9-8-26-23(32)21-13(2)20(27-14(21)3)11-18-17-10-16(25)6-7-19(17)28-22(18)31/h6-7,10-11,27H,5,8-9,12H2,1-4H3,(H,26,32)(H,28,31)/b18-11-. The number of hydrogen-bond donors (Lipinski definition) is 3. The van der Waals surface area contributed by atoms with Gasteiger partial charge in [0.25, 0.3) is 11.8 Å². The van der Waals surface area contributed by atoms with Gasteiger partial charge in [-0.2, -0.15) is 0 Å². The van der Waals surface area contributed by atoms with Gasteiger partial charge >= 0.3 is 12.1 Å². The highest BCUT2D eigenvalue weighted by Crippen LogP contribution is 2.34. The van der Waals surface area contributed by atoms with Crippen molar-refractivity contribution in [1.29, 1.82) is 0 Å². The average Bonchev–Trinajstić information content (AvgIpc) is 3.25. The van der Waals surface area contributed by atoms with Crippen LogP contribution in [-0.2, 0) is 19.1 Å². The quantitative estimate of drug-likeness (QED) is 0.299. The van der Waals surface area contributed by atoms with Crippen LogP contribution in [0.3, 0.4) is 0 Å². The monoisotopic (exact) mass is 486 g/mol. The molecule has 1 aromatic heterocycles. The van der Waals surface area contributed by atoms with Crippen LogP contribution < -0.4 is 10.6 Å². The van der Waals surface area contributed by atoms with E-state index in [0.717, 1.165) is 0 Å². The van der Waals surface area contributed by atoms with E-state index >= 15 is 0 Å². The fourth-order valence-electron chi connectivity index (χ4n) is 3.73. The first-order valence-electron chi connectivity index (χ1n) is 11.0. The van der Waals surface area contributed by atoms with Crippen LogP contribution in [0, 0.1) is 19.7 Å². The van der Waals surface area contributed by atoms with Crippen LogP contribution in [0.4, 0.5) is 14.9 Å². The van der Waals surface area contributed by atoms with Gasteiger partial charge in [0.2, 0.25) is 6.79 Å². The van der Waals surface area contributed by atoms with Crippen molar-refractivity contribution >= 4 is 41.2 Å². The second-order valence-electron chi connectivity index (χ2n) is 7.87. The molecule has 1 aromatic carbocycles. The molecule has 0 fully saturated rings. The zero-order valence-electron chi connectivity index (χ0n) is 19.9. The third kappa shape index (κ3) is 5.86. The number of benzene rings is 1. The van der Waals surface area contributed by atoms with Crippen LogP contribution in [0.15, 0.2) is 18.2 Å². The van der Waals surface area contributed by atoms with Gasteiger partial charge in [0.1, 0.15) is 5.82 Å². The zero-order chi connectivity index (χ0) is 25.7. The number of carbonyl (C=O) groups excluding carboxylic acids is 4. The summed E-state index contributed by atoms with van der Waals surface area (Å²) >= 11 is 0. The Balaban J connectivity index is 1.67. The summed E-state index contributed by atoms with van der Waals surface area (Å²) in [6.45, 7) is 6.62. The smallest absolute Gasteiger partial charge is 0.412 e. The number of rotatable bonds is 8. The van der Waals surface area contributed by atoms with Crippen molar-refractivity contribution in [2.75, 3.05) is 31.7 Å². The van der Waals surface area contributed by atoms with Gasteiger partial charge in [0.05, 0.1) is 11.1 Å². The van der Waals surface area contributed by atoms with Crippen LogP contribution in [-0.4, -0.2) is 60.2 Å². The van der Waals surface area contributed by atoms with Gasteiger partial charge in [-0.15, -0.1) is 0 Å². The normalized spacial score (nSPS) is 13.3. The van der Waals surface area contributed by atoms with Gasteiger partial charge in [0.15, 0.2) is 0 Å². The lowest BCUT2D eigenvalue weighted by atomic mass is 10.0. The first kappa shape index (κ1) is 25.5. The fourth-order valence-corrected chi connectivity index (χ4v) is 3.73. The van der Waals surface area contributed by atoms with E-state index in [9.17, 15) is 23.6 Å². The highest BCUT2D eigenvalue weighted by atomic mass is 19.1. The number of anilines is 1. The SMILES string of the molecule is CCN(CCNC(=O)c1c(C)[nH]c(/C=C2\C(=O)Nc3ccc(F)cc32)c1C)C(=O)OCOC(C)=O. The van der Waals surface area contributed by atoms with Gasteiger partial charge in [-0.25, -0.2) is 9.18 Å². The molecular formula is C24H27FN4O6. The maximum Gasteiger partial charge on any atom is 0.412 e. The van der Waals surface area contributed by atoms with E-state index in [4.69, 9.17) is 4.74 Å². The summed E-state index contributed by atoms with van der Waals surface area (Å²) in [6.07, 6.45) is 0.926. The van der Waals surface area contributed by atoms with E-state index in [1.807, 2.05) is 0 Å². The minimum Gasteiger partial charge on any atom is -0.428 e. The third-order valence-electron chi connectivity index (χ3n) is 5.51. The number of halogens is 1. The molecule has 0 spiro atoms. The first-order chi connectivity index (χ1) is 16.6. The van der Waals surface area contributed by atoms with Crippen LogP contribution in [0.25, 0.3) is 11.6 Å². The number of esters is 1. The molecule has 1 aliphatic rings. The largest absolute Gasteiger partial charge is 0.428 e. The number of ether oxygens (including phenoxy) is 2. The molecule has 0 radical (unpaired) electrons. The maximum atomic E-state index is 13.7. The Hall–Kier alpha value is -4.15. The predicted octanol–water partition coefficient (Wildman–Crippen LogP) is 2.97. The molecule has 186 valence electrons. The van der Waals surface area contributed by atoms with E-state index in [1.165, 1.54) is 30.0 Å². The van der Waals surface area contributed by atoms with Crippen molar-refractivity contribution in [3.05, 3.63) is 52.1 Å². The number of aryl methyl sites for hydroxylation is 1. The van der Waals surface area contributed by atoms with E-state index in [-0.39, 0.29) is 24.9 Å². The van der Waals surface area contributed by atoms with Crippen LogP contribution in [0.1, 0.15) is 46.7 Å². The summed E-state index contributed by atoms with van der Waals surface area (Å²) in [5.74, 6) is -1.73. The zero-order valence-corrected chi connectivity index (χ0v) is 19.9. The molecule has 0 unspecified atom stereocenters. The van der Waals surface area contributed by atoms with Crippen LogP contribution in [0.5, 0.6) is 0 Å². The summed E-state index contributed by atoms with van der Waals surface area (Å²) in [6, 6.07) is 4.06. The molecule has 0 saturated carbocycles. The minimum atomic E-state index is -0.669. The van der Waals surface area contributed by atoms with Gasteiger partial charge in [-0.3, -0.25) is 14.4 Å². The van der Waals surface area contributed by atoms with E-state index in [1.54, 1.807) is 26.8 Å². The Morgan fingerprint density at radius 2 is 1.94 bits per heavy atom. The molecule has 3 rings (SSSR count). The second-order valence-corrected chi connectivity index (χ2v) is 7.87. The first-order valence-corrected chi connectivity index (χ1v) is 11.0. The fraction of sp³-hybridized carbons (Fsp3) is 0.333. The summed E-state index contributed by atoms with van der Waals surface area (Å²) in [7, 11) is 0. The number of fused-ring (bicyclic) bond motifs is 1. The Labute approximate surface area is 201 Å². The summed E-state index contributed by atoms with van der Waals surface area (Å²) < 4.78 is 23.2. The molecule has 35 heavy (non-hydrogen) atoms. The Morgan fingerprint density at radius 3 is 2.63 bits per heavy atom. The van der Waals surface area contributed by atoms with Crippen molar-refractivity contribution in [2.24, 2.45) is 0 Å². The summed E-state index contributed by atoms with van der Waals surface area (Å²) in [5, 5.41) is 5.47. The number of aromatic amines is 1. The highest BCUT2D eigenvalue weighted by molar-refractivity contribution is 6.34. The molecule has 1 aliphatic heterocycles. The number of nitrogens with zero attached hydrogens (tertiary/aromatic N) is 1. The highest BCUT2D eigenvalue weighted by Gasteiger charge is 2.26. The molecule has 0 atom stereocenters. The molecule has 11 heteroatoms. The average molecular weight is 487 g/mol. The maximum absolute atomic E-state index is 13.7. The Morgan fingerprint density at radius 1 is 1.20 bits per heavy atom. The number of likely N-dealkylation sites (N-methyl/N-ethyl adjacent to an activating group) is 1. The van der Waals surface area contributed by atoms with Gasteiger partial charge in [-0.05, 0) is 50.6 Å². The Kier molecular flexibility index (Phi) is 7.90. The molecule has 10 nitrogen and oxygen atoms in total. The van der Waals surface area contributed by atoms with Gasteiger partial charge in [-0.1, -0.05) is 0 Å². The number of nitrogens with one attached hydrogen (secondary N) is 3. The molecule has 3 amide bonds. The predicted molar refractivity (Wildman–Crippen MR) is 126 cm³/mol. The van der Waals surface area contributed by atoms with Crippen molar-refractivity contribution in [3.8, 4) is 0 Å². The summed E-state index contributed by atoms with van der Waals surface area (Å²) in [4.78, 5) is 52.5. The van der Waals surface area contributed by atoms with Crippen molar-refractivity contribution in [3.63, 3.8) is 0 Å². The molecule has 0 aliphatic carbocycles. The molecule has 2 heterocycles. The molecule has 0 bridgehead atoms. The van der Waals surface area contributed by atoms with Crippen LogP contribution in [0.2, 0.25) is 0 Å². The summed E-state index contributed by atoms with van der Waals surface area (Å²) in [5.41, 5.74) is 3.45. The molecular weight excluding hydrogens is 459 g/mol. The number of H-pyrrole nitrogens is 1. The number of aromatic nitrogens is 1. The number of hydrogen-bond acceptors (Lipinski definition) is 6.